The lowest BCUT2D eigenvalue weighted by atomic mass is 10.0. The standard InChI is InChI=1S/C36H41NO2P2/c1-2-3-4-5-6-7-8-9-10-19-28-37(40-35-26-17-13-22-31(35)29-20-11-15-24-33(29)38-40)41-36-27-18-14-23-32(36)30-21-12-16-25-34(30)39-41/h11-18,20-27H,2-10,19,28H2,1H3. The Labute approximate surface area is 248 Å². The fourth-order valence-corrected chi connectivity index (χ4v) is 10.7. The highest BCUT2D eigenvalue weighted by Gasteiger charge is 2.40. The van der Waals surface area contributed by atoms with Gasteiger partial charge in [0.25, 0.3) is 0 Å². The second-order valence-electron chi connectivity index (χ2n) is 11.0. The molecule has 0 saturated carbocycles. The van der Waals surface area contributed by atoms with E-state index < -0.39 is 16.6 Å². The molecule has 2 atom stereocenters. The van der Waals surface area contributed by atoms with Gasteiger partial charge in [0.15, 0.2) is 0 Å². The van der Waals surface area contributed by atoms with Gasteiger partial charge in [-0.25, -0.2) is 0 Å². The number of nitrogens with zero attached hydrogens (tertiary/aromatic N) is 1. The Morgan fingerprint density at radius 3 is 1.34 bits per heavy atom. The van der Waals surface area contributed by atoms with Crippen LogP contribution in [-0.2, 0) is 0 Å². The van der Waals surface area contributed by atoms with Crippen molar-refractivity contribution in [2.24, 2.45) is 0 Å². The zero-order valence-electron chi connectivity index (χ0n) is 24.2. The smallest absolute Gasteiger partial charge is 0.204 e. The number of hydrogen-bond acceptors (Lipinski definition) is 3. The Morgan fingerprint density at radius 2 is 0.854 bits per heavy atom. The van der Waals surface area contributed by atoms with Gasteiger partial charge in [-0.1, -0.05) is 138 Å². The Bertz CT molecular complexity index is 1340. The average molecular weight is 582 g/mol. The van der Waals surface area contributed by atoms with Crippen molar-refractivity contribution in [2.45, 2.75) is 71.1 Å². The Morgan fingerprint density at radius 1 is 0.463 bits per heavy atom. The SMILES string of the molecule is CCCCCCCCCCCCN(P1Oc2ccccc2-c2ccccc21)P1Oc2ccccc2-c2ccccc21. The van der Waals surface area contributed by atoms with Crippen LogP contribution in [0.5, 0.6) is 11.5 Å². The van der Waals surface area contributed by atoms with Crippen molar-refractivity contribution < 1.29 is 9.05 Å². The van der Waals surface area contributed by atoms with Gasteiger partial charge < -0.3 is 9.05 Å². The van der Waals surface area contributed by atoms with Crippen molar-refractivity contribution in [3.05, 3.63) is 97.1 Å². The van der Waals surface area contributed by atoms with Crippen LogP contribution in [0.1, 0.15) is 71.1 Å². The first-order valence-corrected chi connectivity index (χ1v) is 17.9. The average Bonchev–Trinajstić information content (AvgIpc) is 3.03. The lowest BCUT2D eigenvalue weighted by molar-refractivity contribution is 0.489. The third-order valence-corrected chi connectivity index (χ3v) is 12.6. The molecule has 0 radical (unpaired) electrons. The molecule has 0 amide bonds. The van der Waals surface area contributed by atoms with E-state index in [-0.39, 0.29) is 0 Å². The van der Waals surface area contributed by atoms with Crippen molar-refractivity contribution in [2.75, 3.05) is 6.54 Å². The number of benzene rings is 4. The van der Waals surface area contributed by atoms with E-state index in [2.05, 4.69) is 108 Å². The number of para-hydroxylation sites is 2. The van der Waals surface area contributed by atoms with E-state index in [4.69, 9.17) is 9.05 Å². The highest BCUT2D eigenvalue weighted by atomic mass is 31.2. The molecule has 41 heavy (non-hydrogen) atoms. The zero-order valence-corrected chi connectivity index (χ0v) is 26.0. The molecule has 2 aliphatic rings. The van der Waals surface area contributed by atoms with Crippen LogP contribution in [0.15, 0.2) is 97.1 Å². The number of hydrogen-bond donors (Lipinski definition) is 0. The van der Waals surface area contributed by atoms with Gasteiger partial charge in [0, 0.05) is 28.3 Å². The van der Waals surface area contributed by atoms with E-state index in [1.807, 2.05) is 0 Å². The maximum absolute atomic E-state index is 6.95. The molecule has 5 heteroatoms. The highest BCUT2D eigenvalue weighted by molar-refractivity contribution is 7.74. The molecule has 0 aromatic heterocycles. The molecule has 4 aromatic rings. The van der Waals surface area contributed by atoms with Crippen LogP contribution >= 0.6 is 16.6 Å². The molecule has 2 heterocycles. The van der Waals surface area contributed by atoms with Crippen molar-refractivity contribution >= 4 is 27.2 Å². The van der Waals surface area contributed by atoms with Crippen molar-refractivity contribution in [3.8, 4) is 33.8 Å². The molecule has 6 rings (SSSR count). The molecule has 2 unspecified atom stereocenters. The summed E-state index contributed by atoms with van der Waals surface area (Å²) >= 11 is 0. The third kappa shape index (κ3) is 6.39. The van der Waals surface area contributed by atoms with E-state index in [1.165, 1.54) is 90.7 Å². The molecular formula is C36H41NO2P2. The van der Waals surface area contributed by atoms with Crippen LogP contribution in [0.2, 0.25) is 0 Å². The Kier molecular flexibility index (Phi) is 9.69. The molecule has 0 saturated heterocycles. The zero-order chi connectivity index (χ0) is 27.9. The molecule has 0 N–H and O–H groups in total. The van der Waals surface area contributed by atoms with E-state index in [0.717, 1.165) is 24.5 Å². The van der Waals surface area contributed by atoms with Gasteiger partial charge in [-0.05, 0) is 41.8 Å². The topological polar surface area (TPSA) is 21.7 Å². The maximum Gasteiger partial charge on any atom is 0.204 e. The molecule has 0 bridgehead atoms. The molecule has 3 nitrogen and oxygen atoms in total. The summed E-state index contributed by atoms with van der Waals surface area (Å²) in [6.45, 7) is 3.25. The quantitative estimate of drug-likeness (QED) is 0.116. The summed E-state index contributed by atoms with van der Waals surface area (Å²) in [7, 11) is -2.15. The van der Waals surface area contributed by atoms with Crippen molar-refractivity contribution in [1.29, 1.82) is 0 Å². The lowest BCUT2D eigenvalue weighted by Gasteiger charge is -2.41. The number of unbranched alkanes of at least 4 members (excludes halogenated alkanes) is 9. The summed E-state index contributed by atoms with van der Waals surface area (Å²) in [6.07, 6.45) is 13.3. The third-order valence-electron chi connectivity index (χ3n) is 8.08. The first kappa shape index (κ1) is 28.4. The Hall–Kier alpha value is -2.70. The van der Waals surface area contributed by atoms with Gasteiger partial charge in [0.05, 0.1) is 0 Å². The molecule has 2 aliphatic heterocycles. The summed E-state index contributed by atoms with van der Waals surface area (Å²) < 4.78 is 16.5. The van der Waals surface area contributed by atoms with E-state index in [1.54, 1.807) is 0 Å². The summed E-state index contributed by atoms with van der Waals surface area (Å²) in [5, 5.41) is 2.58. The van der Waals surface area contributed by atoms with Gasteiger partial charge in [-0.3, -0.25) is 0 Å². The molecule has 212 valence electrons. The van der Waals surface area contributed by atoms with Crippen LogP contribution < -0.4 is 19.7 Å². The number of fused-ring (bicyclic) bond motifs is 6. The lowest BCUT2D eigenvalue weighted by Crippen LogP contribution is -2.32. The summed E-state index contributed by atoms with van der Waals surface area (Å²) in [5.41, 5.74) is 4.94. The van der Waals surface area contributed by atoms with Gasteiger partial charge in [0.2, 0.25) is 16.6 Å². The summed E-state index contributed by atoms with van der Waals surface area (Å²) in [4.78, 5) is 0. The Balaban J connectivity index is 1.25. The van der Waals surface area contributed by atoms with Crippen LogP contribution in [0.3, 0.4) is 0 Å². The molecule has 0 fully saturated rings. The molecule has 0 spiro atoms. The highest BCUT2D eigenvalue weighted by Crippen LogP contribution is 2.62. The minimum absolute atomic E-state index is 0.959. The van der Waals surface area contributed by atoms with E-state index in [9.17, 15) is 0 Å². The minimum atomic E-state index is -1.07. The van der Waals surface area contributed by atoms with Crippen molar-refractivity contribution in [1.82, 2.24) is 4.44 Å². The molecule has 4 aromatic carbocycles. The van der Waals surface area contributed by atoms with Crippen LogP contribution in [-0.4, -0.2) is 11.0 Å². The predicted octanol–water partition coefficient (Wildman–Crippen LogP) is 10.6. The summed E-state index contributed by atoms with van der Waals surface area (Å²) in [6, 6.07) is 34.6. The minimum Gasteiger partial charge on any atom is -0.453 e. The van der Waals surface area contributed by atoms with Crippen LogP contribution in [0.25, 0.3) is 22.3 Å². The largest absolute Gasteiger partial charge is 0.453 e. The van der Waals surface area contributed by atoms with Crippen LogP contribution in [0.4, 0.5) is 0 Å². The second kappa shape index (κ2) is 14.0. The van der Waals surface area contributed by atoms with E-state index >= 15 is 0 Å². The van der Waals surface area contributed by atoms with Crippen molar-refractivity contribution in [3.63, 3.8) is 0 Å². The fraction of sp³-hybridized carbons (Fsp3) is 0.333. The van der Waals surface area contributed by atoms with E-state index in [0.29, 0.717) is 0 Å². The normalized spacial score (nSPS) is 16.6. The fourth-order valence-electron chi connectivity index (χ4n) is 5.90. The molecular weight excluding hydrogens is 540 g/mol. The van der Waals surface area contributed by atoms with Gasteiger partial charge in [-0.2, -0.15) is 4.44 Å². The number of rotatable bonds is 13. The first-order chi connectivity index (χ1) is 20.3. The summed E-state index contributed by atoms with van der Waals surface area (Å²) in [5.74, 6) is 1.96. The molecule has 0 aliphatic carbocycles. The second-order valence-corrected chi connectivity index (χ2v) is 14.7. The maximum atomic E-state index is 6.95. The first-order valence-electron chi connectivity index (χ1n) is 15.5. The van der Waals surface area contributed by atoms with Gasteiger partial charge in [0.1, 0.15) is 11.5 Å². The van der Waals surface area contributed by atoms with Gasteiger partial charge in [-0.15, -0.1) is 0 Å². The van der Waals surface area contributed by atoms with Gasteiger partial charge >= 0.3 is 0 Å². The van der Waals surface area contributed by atoms with Crippen LogP contribution in [0, 0.1) is 0 Å². The predicted molar refractivity (Wildman–Crippen MR) is 177 cm³/mol. The monoisotopic (exact) mass is 581 g/mol.